The summed E-state index contributed by atoms with van der Waals surface area (Å²) >= 11 is 0. The summed E-state index contributed by atoms with van der Waals surface area (Å²) in [6, 6.07) is 1.14. The minimum Gasteiger partial charge on any atom is -0.303 e. The van der Waals surface area contributed by atoms with Crippen LogP contribution >= 0.6 is 0 Å². The van der Waals surface area contributed by atoms with E-state index < -0.39 is 0 Å². The van der Waals surface area contributed by atoms with Crippen LogP contribution in [0.4, 0.5) is 0 Å². The summed E-state index contributed by atoms with van der Waals surface area (Å²) in [5.74, 6) is 0.295. The van der Waals surface area contributed by atoms with Crippen molar-refractivity contribution in [3.63, 3.8) is 0 Å². The molecule has 0 aromatic carbocycles. The smallest absolute Gasteiger partial charge is 0.131 e. The first-order valence-electron chi connectivity index (χ1n) is 5.44. The summed E-state index contributed by atoms with van der Waals surface area (Å²) in [6.45, 7) is 9.31. The van der Waals surface area contributed by atoms with Gasteiger partial charge in [0, 0.05) is 38.1 Å². The molecule has 1 saturated heterocycles. The highest BCUT2D eigenvalue weighted by atomic mass is 16.1. The molecule has 0 aliphatic carbocycles. The molecule has 2 atom stereocenters. The van der Waals surface area contributed by atoms with Gasteiger partial charge in [-0.25, -0.2) is 0 Å². The Morgan fingerprint density at radius 3 is 2.21 bits per heavy atom. The van der Waals surface area contributed by atoms with Gasteiger partial charge in [0.15, 0.2) is 0 Å². The molecule has 0 radical (unpaired) electrons. The van der Waals surface area contributed by atoms with Crippen molar-refractivity contribution in [3.8, 4) is 0 Å². The predicted octanol–water partition coefficient (Wildman–Crippen LogP) is 0.990. The zero-order valence-corrected chi connectivity index (χ0v) is 9.79. The molecule has 0 spiro atoms. The van der Waals surface area contributed by atoms with Gasteiger partial charge in [-0.1, -0.05) is 0 Å². The van der Waals surface area contributed by atoms with Gasteiger partial charge in [-0.2, -0.15) is 0 Å². The van der Waals surface area contributed by atoms with Gasteiger partial charge in [0.25, 0.3) is 0 Å². The summed E-state index contributed by atoms with van der Waals surface area (Å²) in [5.41, 5.74) is 0. The molecular formula is C11H22N2O. The minimum absolute atomic E-state index is 0.295. The molecule has 0 saturated carbocycles. The molecule has 3 heteroatoms. The van der Waals surface area contributed by atoms with Gasteiger partial charge in [0.05, 0.1) is 0 Å². The molecule has 3 nitrogen and oxygen atoms in total. The second-order valence-corrected chi connectivity index (χ2v) is 4.61. The SMILES string of the molecule is CC(=O)CCN1C(C)CN(C)CC1C. The van der Waals surface area contributed by atoms with Crippen molar-refractivity contribution in [2.75, 3.05) is 26.7 Å². The molecular weight excluding hydrogens is 176 g/mol. The van der Waals surface area contributed by atoms with Gasteiger partial charge in [0.2, 0.25) is 0 Å². The molecule has 1 fully saturated rings. The van der Waals surface area contributed by atoms with Crippen molar-refractivity contribution in [3.05, 3.63) is 0 Å². The number of hydrogen-bond donors (Lipinski definition) is 0. The van der Waals surface area contributed by atoms with Crippen molar-refractivity contribution in [2.45, 2.75) is 39.3 Å². The lowest BCUT2D eigenvalue weighted by molar-refractivity contribution is -0.117. The number of ketones is 1. The summed E-state index contributed by atoms with van der Waals surface area (Å²) in [4.78, 5) is 15.7. The van der Waals surface area contributed by atoms with Crippen LogP contribution in [-0.2, 0) is 4.79 Å². The Kier molecular flexibility index (Phi) is 4.08. The first-order valence-corrected chi connectivity index (χ1v) is 5.44. The number of carbonyl (C=O) groups is 1. The Morgan fingerprint density at radius 1 is 1.29 bits per heavy atom. The number of likely N-dealkylation sites (N-methyl/N-ethyl adjacent to an activating group) is 1. The number of rotatable bonds is 3. The van der Waals surface area contributed by atoms with Crippen molar-refractivity contribution in [1.82, 2.24) is 9.80 Å². The molecule has 82 valence electrons. The standard InChI is InChI=1S/C11H22N2O/c1-9-7-12(4)8-10(2)13(9)6-5-11(3)14/h9-10H,5-8H2,1-4H3. The lowest BCUT2D eigenvalue weighted by atomic mass is 10.1. The van der Waals surface area contributed by atoms with Gasteiger partial charge in [-0.05, 0) is 27.8 Å². The van der Waals surface area contributed by atoms with Crippen LogP contribution in [0.1, 0.15) is 27.2 Å². The maximum Gasteiger partial charge on any atom is 0.131 e. The van der Waals surface area contributed by atoms with Gasteiger partial charge in [-0.3, -0.25) is 9.69 Å². The van der Waals surface area contributed by atoms with E-state index in [-0.39, 0.29) is 0 Å². The van der Waals surface area contributed by atoms with E-state index in [1.165, 1.54) is 0 Å². The molecule has 0 aromatic heterocycles. The number of carbonyl (C=O) groups excluding carboxylic acids is 1. The summed E-state index contributed by atoms with van der Waals surface area (Å²) in [6.07, 6.45) is 0.693. The molecule has 1 rings (SSSR count). The first-order chi connectivity index (χ1) is 6.50. The van der Waals surface area contributed by atoms with Crippen LogP contribution < -0.4 is 0 Å². The highest BCUT2D eigenvalue weighted by Crippen LogP contribution is 2.14. The predicted molar refractivity (Wildman–Crippen MR) is 58.4 cm³/mol. The first kappa shape index (κ1) is 11.7. The normalized spacial score (nSPS) is 30.6. The number of piperazine rings is 1. The second-order valence-electron chi connectivity index (χ2n) is 4.61. The molecule has 0 N–H and O–H groups in total. The highest BCUT2D eigenvalue weighted by molar-refractivity contribution is 5.75. The number of hydrogen-bond acceptors (Lipinski definition) is 3. The van der Waals surface area contributed by atoms with Crippen molar-refractivity contribution in [1.29, 1.82) is 0 Å². The second kappa shape index (κ2) is 4.89. The molecule has 1 heterocycles. The molecule has 0 aromatic rings. The van der Waals surface area contributed by atoms with Crippen LogP contribution in [-0.4, -0.2) is 54.3 Å². The van der Waals surface area contributed by atoms with Gasteiger partial charge in [0.1, 0.15) is 5.78 Å². The number of nitrogens with zero attached hydrogens (tertiary/aromatic N) is 2. The molecule has 14 heavy (non-hydrogen) atoms. The average molecular weight is 198 g/mol. The summed E-state index contributed by atoms with van der Waals surface area (Å²) in [7, 11) is 2.16. The van der Waals surface area contributed by atoms with E-state index in [2.05, 4.69) is 30.7 Å². The van der Waals surface area contributed by atoms with Crippen LogP contribution in [0.25, 0.3) is 0 Å². The fraction of sp³-hybridized carbons (Fsp3) is 0.909. The Balaban J connectivity index is 2.45. The van der Waals surface area contributed by atoms with Crippen molar-refractivity contribution >= 4 is 5.78 Å². The molecule has 0 bridgehead atoms. The quantitative estimate of drug-likeness (QED) is 0.675. The van der Waals surface area contributed by atoms with Crippen LogP contribution in [0.5, 0.6) is 0 Å². The molecule has 1 aliphatic rings. The fourth-order valence-corrected chi connectivity index (χ4v) is 2.35. The van der Waals surface area contributed by atoms with E-state index in [0.717, 1.165) is 19.6 Å². The third-order valence-electron chi connectivity index (χ3n) is 3.01. The van der Waals surface area contributed by atoms with E-state index >= 15 is 0 Å². The molecule has 2 unspecified atom stereocenters. The van der Waals surface area contributed by atoms with Gasteiger partial charge in [-0.15, -0.1) is 0 Å². The lowest BCUT2D eigenvalue weighted by Crippen LogP contribution is -2.55. The summed E-state index contributed by atoms with van der Waals surface area (Å²) < 4.78 is 0. The monoisotopic (exact) mass is 198 g/mol. The van der Waals surface area contributed by atoms with Crippen LogP contribution in [0, 0.1) is 0 Å². The van der Waals surface area contributed by atoms with Crippen LogP contribution in [0.2, 0.25) is 0 Å². The zero-order valence-electron chi connectivity index (χ0n) is 9.79. The Bertz CT molecular complexity index is 193. The lowest BCUT2D eigenvalue weighted by Gasteiger charge is -2.43. The maximum atomic E-state index is 10.9. The van der Waals surface area contributed by atoms with Crippen LogP contribution in [0.15, 0.2) is 0 Å². The van der Waals surface area contributed by atoms with Crippen LogP contribution in [0.3, 0.4) is 0 Å². The zero-order chi connectivity index (χ0) is 10.7. The average Bonchev–Trinajstić information content (AvgIpc) is 2.01. The minimum atomic E-state index is 0.295. The number of Topliss-reactive ketones (excluding diaryl/α,β-unsaturated/α-hetero) is 1. The van der Waals surface area contributed by atoms with E-state index in [9.17, 15) is 4.79 Å². The Hall–Kier alpha value is -0.410. The van der Waals surface area contributed by atoms with E-state index in [4.69, 9.17) is 0 Å². The van der Waals surface area contributed by atoms with Gasteiger partial charge >= 0.3 is 0 Å². The topological polar surface area (TPSA) is 23.6 Å². The highest BCUT2D eigenvalue weighted by Gasteiger charge is 2.26. The largest absolute Gasteiger partial charge is 0.303 e. The third-order valence-corrected chi connectivity index (χ3v) is 3.01. The third kappa shape index (κ3) is 3.07. The van der Waals surface area contributed by atoms with Gasteiger partial charge < -0.3 is 4.90 Å². The van der Waals surface area contributed by atoms with E-state index in [1.807, 2.05) is 0 Å². The fourth-order valence-electron chi connectivity index (χ4n) is 2.35. The van der Waals surface area contributed by atoms with Crippen molar-refractivity contribution < 1.29 is 4.79 Å². The summed E-state index contributed by atoms with van der Waals surface area (Å²) in [5, 5.41) is 0. The molecule has 0 amide bonds. The van der Waals surface area contributed by atoms with E-state index in [1.54, 1.807) is 6.92 Å². The molecule has 1 aliphatic heterocycles. The van der Waals surface area contributed by atoms with Crippen molar-refractivity contribution in [2.24, 2.45) is 0 Å². The Labute approximate surface area is 87.1 Å². The maximum absolute atomic E-state index is 10.9. The Morgan fingerprint density at radius 2 is 1.79 bits per heavy atom. The van der Waals surface area contributed by atoms with E-state index in [0.29, 0.717) is 24.3 Å².